The SMILES string of the molecule is CNc1cccc(CSc2ncco2)n1. The Morgan fingerprint density at radius 1 is 1.47 bits per heavy atom. The molecule has 78 valence electrons. The molecule has 2 aromatic heterocycles. The molecule has 2 heterocycles. The van der Waals surface area contributed by atoms with Crippen LogP contribution in [0.15, 0.2) is 40.3 Å². The van der Waals surface area contributed by atoms with E-state index < -0.39 is 0 Å². The molecule has 2 aromatic rings. The van der Waals surface area contributed by atoms with Crippen molar-refractivity contribution in [2.75, 3.05) is 12.4 Å². The van der Waals surface area contributed by atoms with Crippen LogP contribution in [0.3, 0.4) is 0 Å². The van der Waals surface area contributed by atoms with Gasteiger partial charge in [0.2, 0.25) is 0 Å². The van der Waals surface area contributed by atoms with Gasteiger partial charge in [-0.3, -0.25) is 0 Å². The molecule has 0 aromatic carbocycles. The van der Waals surface area contributed by atoms with E-state index in [1.54, 1.807) is 12.5 Å². The van der Waals surface area contributed by atoms with Gasteiger partial charge in [0.05, 0.1) is 11.9 Å². The van der Waals surface area contributed by atoms with E-state index in [2.05, 4.69) is 15.3 Å². The Kier molecular flexibility index (Phi) is 3.24. The second-order valence-corrected chi connectivity index (χ2v) is 3.78. The summed E-state index contributed by atoms with van der Waals surface area (Å²) in [7, 11) is 1.85. The smallest absolute Gasteiger partial charge is 0.255 e. The number of hydrogen-bond acceptors (Lipinski definition) is 5. The molecular weight excluding hydrogens is 210 g/mol. The van der Waals surface area contributed by atoms with E-state index in [9.17, 15) is 0 Å². The lowest BCUT2D eigenvalue weighted by atomic mass is 10.4. The van der Waals surface area contributed by atoms with Crippen molar-refractivity contribution < 1.29 is 4.42 Å². The van der Waals surface area contributed by atoms with Crippen molar-refractivity contribution in [2.45, 2.75) is 11.0 Å². The van der Waals surface area contributed by atoms with Crippen LogP contribution in [0.1, 0.15) is 5.69 Å². The van der Waals surface area contributed by atoms with Gasteiger partial charge in [0.25, 0.3) is 5.22 Å². The van der Waals surface area contributed by atoms with E-state index in [4.69, 9.17) is 4.42 Å². The highest BCUT2D eigenvalue weighted by atomic mass is 32.2. The fraction of sp³-hybridized carbons (Fsp3) is 0.200. The molecule has 0 fully saturated rings. The van der Waals surface area contributed by atoms with Crippen molar-refractivity contribution in [1.29, 1.82) is 0 Å². The van der Waals surface area contributed by atoms with Gasteiger partial charge in [-0.25, -0.2) is 9.97 Å². The predicted molar refractivity (Wildman–Crippen MR) is 59.8 cm³/mol. The number of pyridine rings is 1. The van der Waals surface area contributed by atoms with Crippen LogP contribution in [0, 0.1) is 0 Å². The fourth-order valence-electron chi connectivity index (χ4n) is 1.12. The van der Waals surface area contributed by atoms with Crippen molar-refractivity contribution in [1.82, 2.24) is 9.97 Å². The maximum absolute atomic E-state index is 5.12. The van der Waals surface area contributed by atoms with Gasteiger partial charge < -0.3 is 9.73 Å². The normalized spacial score (nSPS) is 10.2. The highest BCUT2D eigenvalue weighted by molar-refractivity contribution is 7.98. The fourth-order valence-corrected chi connectivity index (χ4v) is 1.81. The largest absolute Gasteiger partial charge is 0.440 e. The van der Waals surface area contributed by atoms with Gasteiger partial charge in [-0.05, 0) is 12.1 Å². The minimum atomic E-state index is 0.673. The van der Waals surface area contributed by atoms with Gasteiger partial charge in [0, 0.05) is 12.8 Å². The third-order valence-corrected chi connectivity index (χ3v) is 2.70. The standard InChI is InChI=1S/C10H11N3OS/c1-11-9-4-2-3-8(13-9)7-15-10-12-5-6-14-10/h2-6H,7H2,1H3,(H,11,13). The first-order chi connectivity index (χ1) is 7.38. The molecule has 0 saturated heterocycles. The molecule has 0 atom stereocenters. The lowest BCUT2D eigenvalue weighted by molar-refractivity contribution is 0.454. The molecule has 0 spiro atoms. The Bertz CT molecular complexity index is 416. The number of rotatable bonds is 4. The first kappa shape index (κ1) is 10.0. The summed E-state index contributed by atoms with van der Waals surface area (Å²) in [5, 5.41) is 3.67. The van der Waals surface area contributed by atoms with E-state index >= 15 is 0 Å². The van der Waals surface area contributed by atoms with Crippen LogP contribution in [-0.2, 0) is 5.75 Å². The van der Waals surface area contributed by atoms with Crippen molar-refractivity contribution >= 4 is 17.6 Å². The Morgan fingerprint density at radius 2 is 2.40 bits per heavy atom. The van der Waals surface area contributed by atoms with Crippen molar-refractivity contribution in [3.8, 4) is 0 Å². The van der Waals surface area contributed by atoms with Gasteiger partial charge in [-0.2, -0.15) is 0 Å². The maximum Gasteiger partial charge on any atom is 0.255 e. The number of hydrogen-bond donors (Lipinski definition) is 1. The third-order valence-electron chi connectivity index (χ3n) is 1.82. The zero-order chi connectivity index (χ0) is 10.5. The molecule has 4 nitrogen and oxygen atoms in total. The predicted octanol–water partition coefficient (Wildman–Crippen LogP) is 2.40. The first-order valence-corrected chi connectivity index (χ1v) is 5.53. The van der Waals surface area contributed by atoms with Crippen LogP contribution in [-0.4, -0.2) is 17.0 Å². The summed E-state index contributed by atoms with van der Waals surface area (Å²) in [6, 6.07) is 5.89. The molecule has 0 radical (unpaired) electrons. The van der Waals surface area contributed by atoms with Crippen LogP contribution in [0.4, 0.5) is 5.82 Å². The first-order valence-electron chi connectivity index (χ1n) is 4.54. The van der Waals surface area contributed by atoms with E-state index in [1.165, 1.54) is 11.8 Å². The summed E-state index contributed by atoms with van der Waals surface area (Å²) in [5.74, 6) is 1.64. The maximum atomic E-state index is 5.12. The summed E-state index contributed by atoms with van der Waals surface area (Å²) in [6.45, 7) is 0. The van der Waals surface area contributed by atoms with Crippen LogP contribution < -0.4 is 5.32 Å². The Labute approximate surface area is 92.1 Å². The summed E-state index contributed by atoms with van der Waals surface area (Å²) < 4.78 is 5.12. The van der Waals surface area contributed by atoms with E-state index in [0.29, 0.717) is 5.22 Å². The van der Waals surface area contributed by atoms with Crippen molar-refractivity contribution in [2.24, 2.45) is 0 Å². The molecule has 0 aliphatic carbocycles. The average Bonchev–Trinajstić information content (AvgIpc) is 2.79. The lowest BCUT2D eigenvalue weighted by Gasteiger charge is -2.01. The summed E-state index contributed by atoms with van der Waals surface area (Å²) in [4.78, 5) is 8.42. The van der Waals surface area contributed by atoms with Crippen LogP contribution in [0.5, 0.6) is 0 Å². The van der Waals surface area contributed by atoms with E-state index in [-0.39, 0.29) is 0 Å². The minimum Gasteiger partial charge on any atom is -0.440 e. The molecule has 0 aliphatic heterocycles. The molecule has 0 saturated carbocycles. The number of nitrogens with zero attached hydrogens (tertiary/aromatic N) is 2. The number of anilines is 1. The van der Waals surface area contributed by atoms with Crippen molar-refractivity contribution in [3.05, 3.63) is 36.4 Å². The van der Waals surface area contributed by atoms with Gasteiger partial charge in [-0.1, -0.05) is 17.8 Å². The van der Waals surface area contributed by atoms with Gasteiger partial charge in [0.1, 0.15) is 12.1 Å². The number of aromatic nitrogens is 2. The summed E-state index contributed by atoms with van der Waals surface area (Å²) in [6.07, 6.45) is 3.21. The van der Waals surface area contributed by atoms with Crippen LogP contribution >= 0.6 is 11.8 Å². The average molecular weight is 221 g/mol. The molecule has 5 heteroatoms. The molecule has 0 bridgehead atoms. The van der Waals surface area contributed by atoms with Gasteiger partial charge >= 0.3 is 0 Å². The Hall–Kier alpha value is -1.49. The molecule has 0 unspecified atom stereocenters. The summed E-state index contributed by atoms with van der Waals surface area (Å²) >= 11 is 1.53. The second-order valence-electron chi connectivity index (χ2n) is 2.85. The summed E-state index contributed by atoms with van der Waals surface area (Å²) in [5.41, 5.74) is 1.00. The highest BCUT2D eigenvalue weighted by Crippen LogP contribution is 2.20. The van der Waals surface area contributed by atoms with Gasteiger partial charge in [0.15, 0.2) is 0 Å². The monoisotopic (exact) mass is 221 g/mol. The van der Waals surface area contributed by atoms with E-state index in [1.807, 2.05) is 25.2 Å². The molecule has 2 rings (SSSR count). The second kappa shape index (κ2) is 4.84. The Balaban J connectivity index is 1.98. The third kappa shape index (κ3) is 2.73. The van der Waals surface area contributed by atoms with Gasteiger partial charge in [-0.15, -0.1) is 0 Å². The number of nitrogens with one attached hydrogen (secondary N) is 1. The molecule has 1 N–H and O–H groups in total. The quantitative estimate of drug-likeness (QED) is 0.803. The lowest BCUT2D eigenvalue weighted by Crippen LogP contribution is -1.94. The molecule has 0 amide bonds. The Morgan fingerprint density at radius 3 is 3.13 bits per heavy atom. The van der Waals surface area contributed by atoms with Crippen molar-refractivity contribution in [3.63, 3.8) is 0 Å². The zero-order valence-electron chi connectivity index (χ0n) is 8.30. The van der Waals surface area contributed by atoms with Crippen LogP contribution in [0.2, 0.25) is 0 Å². The number of oxazole rings is 1. The highest BCUT2D eigenvalue weighted by Gasteiger charge is 2.01. The molecule has 15 heavy (non-hydrogen) atoms. The molecule has 0 aliphatic rings. The molecular formula is C10H11N3OS. The van der Waals surface area contributed by atoms with Crippen LogP contribution in [0.25, 0.3) is 0 Å². The minimum absolute atomic E-state index is 0.673. The zero-order valence-corrected chi connectivity index (χ0v) is 9.12. The van der Waals surface area contributed by atoms with E-state index in [0.717, 1.165) is 17.3 Å². The number of thioether (sulfide) groups is 1. The topological polar surface area (TPSA) is 51.0 Å².